The molecule has 41 heavy (non-hydrogen) atoms. The third kappa shape index (κ3) is 3.25. The summed E-state index contributed by atoms with van der Waals surface area (Å²) in [6.45, 7) is 0. The standard InChI is InChI=1S/C37H23NO3/c39-37-31-19-22(14-16-25(31)26-10-4-7-13-35(26)41-37)23-15-17-32-28(18-23)29-20-30-27-11-5-6-12-34(27)40-36(30)21-33(29)38(32)24-8-2-1-3-9-24/h2,4-21H,1,3H2. The minimum absolute atomic E-state index is 0.316. The van der Waals surface area contributed by atoms with Gasteiger partial charge in [0, 0.05) is 38.7 Å². The van der Waals surface area contributed by atoms with E-state index < -0.39 is 0 Å². The highest BCUT2D eigenvalue weighted by molar-refractivity contribution is 6.18. The maximum absolute atomic E-state index is 13.0. The van der Waals surface area contributed by atoms with Gasteiger partial charge >= 0.3 is 5.63 Å². The van der Waals surface area contributed by atoms with Gasteiger partial charge in [-0.05, 0) is 71.8 Å². The Morgan fingerprint density at radius 3 is 2.05 bits per heavy atom. The highest BCUT2D eigenvalue weighted by atomic mass is 16.4. The Kier molecular flexibility index (Phi) is 4.56. The lowest BCUT2D eigenvalue weighted by atomic mass is 9.98. The van der Waals surface area contributed by atoms with Crippen LogP contribution in [0.5, 0.6) is 0 Å². The van der Waals surface area contributed by atoms with Crippen LogP contribution >= 0.6 is 0 Å². The van der Waals surface area contributed by atoms with Crippen LogP contribution in [0, 0.1) is 0 Å². The predicted octanol–water partition coefficient (Wildman–Crippen LogP) is 9.81. The van der Waals surface area contributed by atoms with Crippen molar-refractivity contribution in [1.82, 2.24) is 4.57 Å². The molecular formula is C37H23NO3. The second kappa shape index (κ2) is 8.33. The van der Waals surface area contributed by atoms with Crippen molar-refractivity contribution in [2.45, 2.75) is 12.8 Å². The minimum Gasteiger partial charge on any atom is -0.456 e. The van der Waals surface area contributed by atoms with Crippen molar-refractivity contribution in [2.24, 2.45) is 0 Å². The molecule has 1 aliphatic carbocycles. The van der Waals surface area contributed by atoms with E-state index in [1.807, 2.05) is 48.5 Å². The lowest BCUT2D eigenvalue weighted by Crippen LogP contribution is -2.00. The Morgan fingerprint density at radius 1 is 0.537 bits per heavy atom. The molecule has 0 saturated heterocycles. The largest absolute Gasteiger partial charge is 0.456 e. The fourth-order valence-corrected chi connectivity index (χ4v) is 6.52. The van der Waals surface area contributed by atoms with Crippen molar-refractivity contribution in [3.05, 3.63) is 126 Å². The summed E-state index contributed by atoms with van der Waals surface area (Å²) in [5, 5.41) is 7.00. The van der Waals surface area contributed by atoms with Gasteiger partial charge in [0.2, 0.25) is 0 Å². The normalized spacial score (nSPS) is 13.8. The second-order valence-corrected chi connectivity index (χ2v) is 10.8. The van der Waals surface area contributed by atoms with E-state index in [2.05, 4.69) is 71.3 Å². The van der Waals surface area contributed by atoms with Crippen LogP contribution < -0.4 is 5.63 Å². The molecule has 0 aliphatic heterocycles. The highest BCUT2D eigenvalue weighted by Crippen LogP contribution is 2.40. The summed E-state index contributed by atoms with van der Waals surface area (Å²) < 4.78 is 14.3. The zero-order valence-electron chi connectivity index (χ0n) is 22.1. The average Bonchev–Trinajstić information content (AvgIpc) is 3.54. The third-order valence-corrected chi connectivity index (χ3v) is 8.45. The molecule has 0 radical (unpaired) electrons. The van der Waals surface area contributed by atoms with Crippen molar-refractivity contribution >= 4 is 71.2 Å². The number of hydrogen-bond acceptors (Lipinski definition) is 3. The van der Waals surface area contributed by atoms with Gasteiger partial charge in [-0.15, -0.1) is 0 Å². The monoisotopic (exact) mass is 529 g/mol. The lowest BCUT2D eigenvalue weighted by molar-refractivity contribution is 0.569. The molecule has 0 fully saturated rings. The minimum atomic E-state index is -0.316. The van der Waals surface area contributed by atoms with Gasteiger partial charge < -0.3 is 13.4 Å². The van der Waals surface area contributed by atoms with E-state index in [1.165, 1.54) is 11.1 Å². The third-order valence-electron chi connectivity index (χ3n) is 8.45. The van der Waals surface area contributed by atoms with Crippen LogP contribution in [0.2, 0.25) is 0 Å². The van der Waals surface area contributed by atoms with Crippen LogP contribution in [0.15, 0.2) is 129 Å². The van der Waals surface area contributed by atoms with Gasteiger partial charge in [-0.1, -0.05) is 66.7 Å². The maximum atomic E-state index is 13.0. The number of allylic oxidation sites excluding steroid dienone is 4. The van der Waals surface area contributed by atoms with Crippen molar-refractivity contribution in [1.29, 1.82) is 0 Å². The molecule has 9 rings (SSSR count). The number of benzene rings is 5. The summed E-state index contributed by atoms with van der Waals surface area (Å²) in [5.41, 5.74) is 7.54. The predicted molar refractivity (Wildman–Crippen MR) is 168 cm³/mol. The summed E-state index contributed by atoms with van der Waals surface area (Å²) >= 11 is 0. The number of para-hydroxylation sites is 2. The van der Waals surface area contributed by atoms with Gasteiger partial charge in [-0.3, -0.25) is 0 Å². The molecule has 0 bridgehead atoms. The van der Waals surface area contributed by atoms with Crippen LogP contribution in [0.1, 0.15) is 12.8 Å². The number of nitrogens with zero attached hydrogens (tertiary/aromatic N) is 1. The Morgan fingerprint density at radius 2 is 1.24 bits per heavy atom. The van der Waals surface area contributed by atoms with Crippen LogP contribution in [0.25, 0.3) is 82.3 Å². The van der Waals surface area contributed by atoms with E-state index in [-0.39, 0.29) is 5.63 Å². The van der Waals surface area contributed by atoms with Gasteiger partial charge in [-0.2, -0.15) is 0 Å². The summed E-state index contributed by atoms with van der Waals surface area (Å²) in [7, 11) is 0. The van der Waals surface area contributed by atoms with Crippen LogP contribution in [0.3, 0.4) is 0 Å². The number of furan rings is 1. The average molecular weight is 530 g/mol. The SMILES string of the molecule is O=c1oc2ccccc2c2ccc(-c3ccc4c(c3)c3cc5c(cc3n4C3=CCCC=C3)oc3ccccc35)cc12. The molecule has 0 atom stereocenters. The summed E-state index contributed by atoms with van der Waals surface area (Å²) in [6, 6.07) is 33.0. The van der Waals surface area contributed by atoms with E-state index in [4.69, 9.17) is 8.83 Å². The van der Waals surface area contributed by atoms with Crippen LogP contribution in [-0.4, -0.2) is 4.57 Å². The highest BCUT2D eigenvalue weighted by Gasteiger charge is 2.18. The molecule has 194 valence electrons. The first-order chi connectivity index (χ1) is 20.2. The first-order valence-corrected chi connectivity index (χ1v) is 14.0. The fourth-order valence-electron chi connectivity index (χ4n) is 6.52. The van der Waals surface area contributed by atoms with Crippen LogP contribution in [0.4, 0.5) is 0 Å². The maximum Gasteiger partial charge on any atom is 0.344 e. The van der Waals surface area contributed by atoms with Gasteiger partial charge in [0.15, 0.2) is 0 Å². The molecule has 0 unspecified atom stereocenters. The molecule has 0 spiro atoms. The molecular weight excluding hydrogens is 506 g/mol. The molecule has 3 aromatic heterocycles. The Balaban J connectivity index is 1.33. The molecule has 5 aromatic carbocycles. The van der Waals surface area contributed by atoms with Gasteiger partial charge in [0.1, 0.15) is 16.7 Å². The van der Waals surface area contributed by atoms with Gasteiger partial charge in [0.05, 0.1) is 16.4 Å². The molecule has 1 aliphatic rings. The Hall–Kier alpha value is -5.35. The Bertz CT molecular complexity index is 2500. The summed E-state index contributed by atoms with van der Waals surface area (Å²) in [6.07, 6.45) is 8.84. The van der Waals surface area contributed by atoms with Crippen molar-refractivity contribution in [2.75, 3.05) is 0 Å². The smallest absolute Gasteiger partial charge is 0.344 e. The number of fused-ring (bicyclic) bond motifs is 9. The van der Waals surface area contributed by atoms with E-state index in [0.29, 0.717) is 11.0 Å². The summed E-state index contributed by atoms with van der Waals surface area (Å²) in [5.74, 6) is 0. The molecule has 0 saturated carbocycles. The van der Waals surface area contributed by atoms with Crippen molar-refractivity contribution < 1.29 is 8.83 Å². The van der Waals surface area contributed by atoms with Gasteiger partial charge in [0.25, 0.3) is 0 Å². The van der Waals surface area contributed by atoms with E-state index in [0.717, 1.165) is 73.1 Å². The molecule has 4 nitrogen and oxygen atoms in total. The fraction of sp³-hybridized carbons (Fsp3) is 0.0541. The molecule has 0 N–H and O–H groups in total. The quantitative estimate of drug-likeness (QED) is 0.165. The van der Waals surface area contributed by atoms with E-state index >= 15 is 0 Å². The summed E-state index contributed by atoms with van der Waals surface area (Å²) in [4.78, 5) is 13.0. The number of hydrogen-bond donors (Lipinski definition) is 0. The van der Waals surface area contributed by atoms with Crippen molar-refractivity contribution in [3.63, 3.8) is 0 Å². The number of rotatable bonds is 2. The van der Waals surface area contributed by atoms with Gasteiger partial charge in [-0.25, -0.2) is 4.79 Å². The topological polar surface area (TPSA) is 48.3 Å². The first-order valence-electron chi connectivity index (χ1n) is 14.0. The zero-order chi connectivity index (χ0) is 27.1. The Labute approximate surface area is 234 Å². The van der Waals surface area contributed by atoms with E-state index in [9.17, 15) is 4.79 Å². The zero-order valence-corrected chi connectivity index (χ0v) is 22.1. The van der Waals surface area contributed by atoms with Crippen molar-refractivity contribution in [3.8, 4) is 11.1 Å². The molecule has 4 heteroatoms. The number of aromatic nitrogens is 1. The first kappa shape index (κ1) is 22.5. The molecule has 0 amide bonds. The van der Waals surface area contributed by atoms with Crippen LogP contribution in [-0.2, 0) is 0 Å². The van der Waals surface area contributed by atoms with E-state index in [1.54, 1.807) is 0 Å². The molecule has 8 aromatic rings. The second-order valence-electron chi connectivity index (χ2n) is 10.8. The molecule has 3 heterocycles. The lowest BCUT2D eigenvalue weighted by Gasteiger charge is -2.12.